The lowest BCUT2D eigenvalue weighted by molar-refractivity contribution is 0.982. The number of hydrogen-bond donors (Lipinski definition) is 2. The molecule has 0 aliphatic rings. The number of rotatable bonds is 4. The van der Waals surface area contributed by atoms with Crippen molar-refractivity contribution in [2.24, 2.45) is 0 Å². The molecule has 0 fully saturated rings. The van der Waals surface area contributed by atoms with Crippen molar-refractivity contribution in [2.45, 2.75) is 6.92 Å². The number of benzene rings is 2. The Morgan fingerprint density at radius 3 is 2.68 bits per heavy atom. The van der Waals surface area contributed by atoms with Crippen LogP contribution in [0.2, 0.25) is 5.02 Å². The minimum Gasteiger partial charge on any atom is -0.338 e. The number of aromatic nitrogens is 3. The summed E-state index contributed by atoms with van der Waals surface area (Å²) >= 11 is 6.12. The van der Waals surface area contributed by atoms with E-state index in [0.717, 1.165) is 16.9 Å². The molecule has 0 spiro atoms. The van der Waals surface area contributed by atoms with E-state index in [0.29, 0.717) is 16.8 Å². The van der Waals surface area contributed by atoms with Crippen LogP contribution in [0.3, 0.4) is 0 Å². The maximum atomic E-state index is 6.12. The monoisotopic (exact) mass is 311 g/mol. The summed E-state index contributed by atoms with van der Waals surface area (Å²) in [6.45, 7) is 2.03. The zero-order chi connectivity index (χ0) is 15.4. The minimum absolute atomic E-state index is 0.419. The molecule has 3 rings (SSSR count). The highest BCUT2D eigenvalue weighted by Gasteiger charge is 2.04. The molecule has 0 radical (unpaired) electrons. The molecule has 2 aromatic carbocycles. The normalized spacial score (nSPS) is 10.3. The van der Waals surface area contributed by atoms with Gasteiger partial charge in [-0.3, -0.25) is 0 Å². The fraction of sp³-hybridized carbons (Fsp3) is 0.0625. The quantitative estimate of drug-likeness (QED) is 0.751. The molecule has 3 aromatic rings. The summed E-state index contributed by atoms with van der Waals surface area (Å²) in [5.74, 6) is 0.987. The van der Waals surface area contributed by atoms with E-state index in [1.165, 1.54) is 0 Å². The molecule has 5 nitrogen and oxygen atoms in total. The molecule has 0 unspecified atom stereocenters. The van der Waals surface area contributed by atoms with Gasteiger partial charge in [-0.1, -0.05) is 35.9 Å². The Morgan fingerprint density at radius 1 is 1.00 bits per heavy atom. The lowest BCUT2D eigenvalue weighted by Gasteiger charge is -2.09. The molecule has 0 bridgehead atoms. The van der Waals surface area contributed by atoms with E-state index in [9.17, 15) is 0 Å². The summed E-state index contributed by atoms with van der Waals surface area (Å²) in [4.78, 5) is 4.38. The van der Waals surface area contributed by atoms with Crippen LogP contribution in [0.25, 0.3) is 0 Å². The first-order valence-electron chi connectivity index (χ1n) is 6.76. The molecule has 0 amide bonds. The van der Waals surface area contributed by atoms with Crippen molar-refractivity contribution in [3.05, 3.63) is 65.3 Å². The standard InChI is InChI=1S/C16H14ClN5/c1-11-5-4-6-12(9-11)19-16-21-15(10-18-22-16)20-14-8-3-2-7-13(14)17/h2-10H,1H3,(H2,19,20,21,22). The average Bonchev–Trinajstić information content (AvgIpc) is 2.50. The summed E-state index contributed by atoms with van der Waals surface area (Å²) < 4.78 is 0. The molecule has 0 saturated heterocycles. The van der Waals surface area contributed by atoms with Gasteiger partial charge in [0, 0.05) is 5.69 Å². The van der Waals surface area contributed by atoms with Crippen LogP contribution in [-0.2, 0) is 0 Å². The summed E-state index contributed by atoms with van der Waals surface area (Å²) in [5.41, 5.74) is 2.84. The molecule has 6 heteroatoms. The Labute approximate surface area is 133 Å². The van der Waals surface area contributed by atoms with Crippen LogP contribution in [0.5, 0.6) is 0 Å². The number of aryl methyl sites for hydroxylation is 1. The molecule has 0 saturated carbocycles. The van der Waals surface area contributed by atoms with Gasteiger partial charge >= 0.3 is 0 Å². The maximum Gasteiger partial charge on any atom is 0.249 e. The lowest BCUT2D eigenvalue weighted by atomic mass is 10.2. The van der Waals surface area contributed by atoms with Gasteiger partial charge in [-0.15, -0.1) is 5.10 Å². The SMILES string of the molecule is Cc1cccc(Nc2nncc(Nc3ccccc3Cl)n2)c1. The Balaban J connectivity index is 1.79. The van der Waals surface area contributed by atoms with Crippen LogP contribution >= 0.6 is 11.6 Å². The first kappa shape index (κ1) is 14.3. The van der Waals surface area contributed by atoms with E-state index < -0.39 is 0 Å². The van der Waals surface area contributed by atoms with Crippen LogP contribution < -0.4 is 10.6 Å². The maximum absolute atomic E-state index is 6.12. The summed E-state index contributed by atoms with van der Waals surface area (Å²) in [7, 11) is 0. The van der Waals surface area contributed by atoms with Gasteiger partial charge < -0.3 is 10.6 Å². The van der Waals surface area contributed by atoms with Gasteiger partial charge in [-0.05, 0) is 36.8 Å². The zero-order valence-corrected chi connectivity index (χ0v) is 12.7. The predicted octanol–water partition coefficient (Wildman–Crippen LogP) is 4.32. The molecule has 0 aliphatic carbocycles. The van der Waals surface area contributed by atoms with Crippen molar-refractivity contribution < 1.29 is 0 Å². The molecule has 0 aliphatic heterocycles. The molecule has 2 N–H and O–H groups in total. The van der Waals surface area contributed by atoms with E-state index in [2.05, 4.69) is 25.8 Å². The van der Waals surface area contributed by atoms with Crippen LogP contribution in [-0.4, -0.2) is 15.2 Å². The Kier molecular flexibility index (Phi) is 4.16. The summed E-state index contributed by atoms with van der Waals surface area (Å²) in [5, 5.41) is 14.8. The van der Waals surface area contributed by atoms with Crippen molar-refractivity contribution in [2.75, 3.05) is 10.6 Å². The van der Waals surface area contributed by atoms with Crippen molar-refractivity contribution in [1.82, 2.24) is 15.2 Å². The number of halogens is 1. The van der Waals surface area contributed by atoms with E-state index in [-0.39, 0.29) is 0 Å². The smallest absolute Gasteiger partial charge is 0.249 e. The van der Waals surface area contributed by atoms with E-state index in [1.54, 1.807) is 6.20 Å². The van der Waals surface area contributed by atoms with Gasteiger partial charge in [0.2, 0.25) is 5.95 Å². The second kappa shape index (κ2) is 6.41. The molecule has 0 atom stereocenters. The lowest BCUT2D eigenvalue weighted by Crippen LogP contribution is -2.02. The van der Waals surface area contributed by atoms with Crippen LogP contribution in [0.1, 0.15) is 5.56 Å². The minimum atomic E-state index is 0.419. The first-order valence-corrected chi connectivity index (χ1v) is 7.13. The highest BCUT2D eigenvalue weighted by atomic mass is 35.5. The fourth-order valence-electron chi connectivity index (χ4n) is 1.97. The fourth-order valence-corrected chi connectivity index (χ4v) is 2.15. The molecule has 110 valence electrons. The Morgan fingerprint density at radius 2 is 1.86 bits per heavy atom. The summed E-state index contributed by atoms with van der Waals surface area (Å²) in [6, 6.07) is 15.4. The average molecular weight is 312 g/mol. The van der Waals surface area contributed by atoms with E-state index >= 15 is 0 Å². The molecular formula is C16H14ClN5. The molecule has 22 heavy (non-hydrogen) atoms. The van der Waals surface area contributed by atoms with Gasteiger partial charge in [-0.2, -0.15) is 10.1 Å². The van der Waals surface area contributed by atoms with Crippen molar-refractivity contribution in [1.29, 1.82) is 0 Å². The van der Waals surface area contributed by atoms with Gasteiger partial charge in [-0.25, -0.2) is 0 Å². The number of para-hydroxylation sites is 1. The van der Waals surface area contributed by atoms with E-state index in [4.69, 9.17) is 11.6 Å². The molecule has 1 aromatic heterocycles. The van der Waals surface area contributed by atoms with Crippen LogP contribution in [0, 0.1) is 6.92 Å². The third kappa shape index (κ3) is 3.51. The highest BCUT2D eigenvalue weighted by Crippen LogP contribution is 2.24. The van der Waals surface area contributed by atoms with Gasteiger partial charge in [0.25, 0.3) is 0 Å². The topological polar surface area (TPSA) is 62.7 Å². The zero-order valence-electron chi connectivity index (χ0n) is 11.9. The van der Waals surface area contributed by atoms with Gasteiger partial charge in [0.1, 0.15) is 0 Å². The van der Waals surface area contributed by atoms with Crippen molar-refractivity contribution in [3.63, 3.8) is 0 Å². The Hall–Kier alpha value is -2.66. The van der Waals surface area contributed by atoms with Crippen LogP contribution in [0.15, 0.2) is 54.7 Å². The van der Waals surface area contributed by atoms with Crippen molar-refractivity contribution >= 4 is 34.7 Å². The predicted molar refractivity (Wildman–Crippen MR) is 89.0 cm³/mol. The number of hydrogen-bond acceptors (Lipinski definition) is 5. The first-order chi connectivity index (χ1) is 10.7. The molecule has 1 heterocycles. The number of anilines is 4. The third-order valence-electron chi connectivity index (χ3n) is 2.97. The van der Waals surface area contributed by atoms with Gasteiger partial charge in [0.15, 0.2) is 5.82 Å². The second-order valence-corrected chi connectivity index (χ2v) is 5.17. The number of nitrogens with one attached hydrogen (secondary N) is 2. The number of nitrogens with zero attached hydrogens (tertiary/aromatic N) is 3. The highest BCUT2D eigenvalue weighted by molar-refractivity contribution is 6.33. The second-order valence-electron chi connectivity index (χ2n) is 4.76. The largest absolute Gasteiger partial charge is 0.338 e. The van der Waals surface area contributed by atoms with Gasteiger partial charge in [0.05, 0.1) is 16.9 Å². The van der Waals surface area contributed by atoms with E-state index in [1.807, 2.05) is 55.5 Å². The Bertz CT molecular complexity index is 791. The molecular weight excluding hydrogens is 298 g/mol. The van der Waals surface area contributed by atoms with Crippen LogP contribution in [0.4, 0.5) is 23.1 Å². The summed E-state index contributed by atoms with van der Waals surface area (Å²) in [6.07, 6.45) is 1.55. The third-order valence-corrected chi connectivity index (χ3v) is 3.30. The van der Waals surface area contributed by atoms with Crippen molar-refractivity contribution in [3.8, 4) is 0 Å².